The average Bonchev–Trinajstić information content (AvgIpc) is 3.41. The maximum Gasteiger partial charge on any atom is 0.160 e. The van der Waals surface area contributed by atoms with Gasteiger partial charge in [0.25, 0.3) is 0 Å². The lowest BCUT2D eigenvalue weighted by Crippen LogP contribution is -2.44. The second-order valence-electron chi connectivity index (χ2n) is 8.31. The molecular formula is C21H35N7. The lowest BCUT2D eigenvalue weighted by Gasteiger charge is -2.31. The number of hydrogen-bond acceptors (Lipinski definition) is 7. The van der Waals surface area contributed by atoms with Crippen LogP contribution in [0, 0.1) is 13.8 Å². The summed E-state index contributed by atoms with van der Waals surface area (Å²) in [5, 5.41) is 9.28. The summed E-state index contributed by atoms with van der Waals surface area (Å²) < 4.78 is 0. The zero-order valence-electron chi connectivity index (χ0n) is 17.4. The Morgan fingerprint density at radius 3 is 2.71 bits per heavy atom. The summed E-state index contributed by atoms with van der Waals surface area (Å²) in [5.74, 6) is 1.85. The van der Waals surface area contributed by atoms with Crippen molar-refractivity contribution in [2.75, 3.05) is 51.1 Å². The molecule has 154 valence electrons. The quantitative estimate of drug-likeness (QED) is 0.620. The van der Waals surface area contributed by atoms with Gasteiger partial charge < -0.3 is 20.5 Å². The summed E-state index contributed by atoms with van der Waals surface area (Å²) in [4.78, 5) is 12.2. The summed E-state index contributed by atoms with van der Waals surface area (Å²) in [6, 6.07) is 0.563. The van der Waals surface area contributed by atoms with Gasteiger partial charge in [-0.1, -0.05) is 0 Å². The first-order chi connectivity index (χ1) is 13.7. The molecule has 4 heterocycles. The van der Waals surface area contributed by atoms with Crippen LogP contribution in [-0.2, 0) is 0 Å². The third-order valence-corrected chi connectivity index (χ3v) is 6.27. The van der Waals surface area contributed by atoms with Crippen molar-refractivity contribution in [1.82, 2.24) is 30.6 Å². The highest BCUT2D eigenvalue weighted by atomic mass is 15.5. The lowest BCUT2D eigenvalue weighted by molar-refractivity contribution is 0.182. The molecule has 2 saturated heterocycles. The molecule has 1 aromatic rings. The SMILES string of the molecule is Cc1nc(C2=CN(C3CCNCC3)NC2)nc(NCCCN2CCCC2)c1C. The molecule has 0 atom stereocenters. The maximum atomic E-state index is 4.88. The molecular weight excluding hydrogens is 350 g/mol. The van der Waals surface area contributed by atoms with E-state index in [9.17, 15) is 0 Å². The van der Waals surface area contributed by atoms with Crippen LogP contribution in [0.5, 0.6) is 0 Å². The predicted octanol–water partition coefficient (Wildman–Crippen LogP) is 1.90. The average molecular weight is 386 g/mol. The second kappa shape index (κ2) is 9.20. The fraction of sp³-hybridized carbons (Fsp3) is 0.714. The summed E-state index contributed by atoms with van der Waals surface area (Å²) in [6.45, 7) is 11.9. The minimum Gasteiger partial charge on any atom is -0.370 e. The Morgan fingerprint density at radius 1 is 1.14 bits per heavy atom. The van der Waals surface area contributed by atoms with Crippen LogP contribution in [0.3, 0.4) is 0 Å². The first-order valence-electron chi connectivity index (χ1n) is 11.0. The molecule has 0 saturated carbocycles. The van der Waals surface area contributed by atoms with E-state index in [1.54, 1.807) is 0 Å². The van der Waals surface area contributed by atoms with Crippen LogP contribution < -0.4 is 16.1 Å². The number of anilines is 1. The van der Waals surface area contributed by atoms with Gasteiger partial charge in [-0.25, -0.2) is 15.4 Å². The molecule has 0 aromatic carbocycles. The number of hydrogen-bond donors (Lipinski definition) is 3. The van der Waals surface area contributed by atoms with Crippen molar-refractivity contribution in [3.05, 3.63) is 23.3 Å². The van der Waals surface area contributed by atoms with E-state index in [1.807, 2.05) is 0 Å². The lowest BCUT2D eigenvalue weighted by atomic mass is 10.1. The van der Waals surface area contributed by atoms with Crippen LogP contribution in [0.4, 0.5) is 5.82 Å². The Hall–Kier alpha value is -1.70. The van der Waals surface area contributed by atoms with Gasteiger partial charge in [0.1, 0.15) is 5.82 Å². The molecule has 0 unspecified atom stereocenters. The Morgan fingerprint density at radius 2 is 1.93 bits per heavy atom. The van der Waals surface area contributed by atoms with Gasteiger partial charge in [0, 0.05) is 42.2 Å². The van der Waals surface area contributed by atoms with E-state index in [4.69, 9.17) is 9.97 Å². The molecule has 3 aliphatic heterocycles. The largest absolute Gasteiger partial charge is 0.370 e. The molecule has 0 radical (unpaired) electrons. The van der Waals surface area contributed by atoms with Gasteiger partial charge in [0.2, 0.25) is 0 Å². The maximum absolute atomic E-state index is 4.88. The van der Waals surface area contributed by atoms with E-state index < -0.39 is 0 Å². The van der Waals surface area contributed by atoms with E-state index >= 15 is 0 Å². The van der Waals surface area contributed by atoms with Crippen molar-refractivity contribution in [3.63, 3.8) is 0 Å². The van der Waals surface area contributed by atoms with Crippen molar-refractivity contribution in [2.45, 2.75) is 52.0 Å². The van der Waals surface area contributed by atoms with Crippen molar-refractivity contribution in [1.29, 1.82) is 0 Å². The van der Waals surface area contributed by atoms with E-state index in [1.165, 1.54) is 50.9 Å². The number of nitrogens with zero attached hydrogens (tertiary/aromatic N) is 4. The van der Waals surface area contributed by atoms with E-state index in [2.05, 4.69) is 46.0 Å². The number of likely N-dealkylation sites (tertiary alicyclic amines) is 1. The highest BCUT2D eigenvalue weighted by molar-refractivity contribution is 5.65. The minimum atomic E-state index is 0.563. The zero-order valence-corrected chi connectivity index (χ0v) is 17.4. The monoisotopic (exact) mass is 385 g/mol. The molecule has 3 N–H and O–H groups in total. The van der Waals surface area contributed by atoms with Crippen LogP contribution in [0.1, 0.15) is 49.2 Å². The van der Waals surface area contributed by atoms with Crippen LogP contribution in [0.25, 0.3) is 5.57 Å². The van der Waals surface area contributed by atoms with Crippen LogP contribution >= 0.6 is 0 Å². The number of aryl methyl sites for hydroxylation is 1. The molecule has 0 bridgehead atoms. The van der Waals surface area contributed by atoms with Gasteiger partial charge in [-0.3, -0.25) is 0 Å². The van der Waals surface area contributed by atoms with Crippen LogP contribution in [-0.4, -0.2) is 71.7 Å². The topological polar surface area (TPSA) is 68.3 Å². The van der Waals surface area contributed by atoms with Gasteiger partial charge in [0.05, 0.1) is 0 Å². The van der Waals surface area contributed by atoms with Gasteiger partial charge in [0.15, 0.2) is 5.82 Å². The normalized spacial score (nSPS) is 21.4. The molecule has 4 rings (SSSR count). The Labute approximate surface area is 169 Å². The first kappa shape index (κ1) is 19.6. The Kier molecular flexibility index (Phi) is 6.44. The fourth-order valence-corrected chi connectivity index (χ4v) is 4.35. The Balaban J connectivity index is 1.38. The molecule has 1 aromatic heterocycles. The van der Waals surface area contributed by atoms with Gasteiger partial charge >= 0.3 is 0 Å². The van der Waals surface area contributed by atoms with Crippen LogP contribution in [0.2, 0.25) is 0 Å². The van der Waals surface area contributed by atoms with E-state index in [0.717, 1.165) is 55.5 Å². The smallest absolute Gasteiger partial charge is 0.160 e. The third-order valence-electron chi connectivity index (χ3n) is 6.27. The summed E-state index contributed by atoms with van der Waals surface area (Å²) in [5.41, 5.74) is 6.92. The van der Waals surface area contributed by atoms with Crippen molar-refractivity contribution < 1.29 is 0 Å². The van der Waals surface area contributed by atoms with Crippen LogP contribution in [0.15, 0.2) is 6.20 Å². The van der Waals surface area contributed by atoms with E-state index in [-0.39, 0.29) is 0 Å². The molecule has 28 heavy (non-hydrogen) atoms. The number of piperidine rings is 1. The Bertz CT molecular complexity index is 690. The standard InChI is InChI=1S/C21H35N7/c1-16-17(2)25-21(18-14-24-28(15-18)19-6-9-22-10-7-19)26-20(16)23-8-5-13-27-11-3-4-12-27/h15,19,22,24H,3-14H2,1-2H3,(H,23,25,26). The highest BCUT2D eigenvalue weighted by Crippen LogP contribution is 2.23. The molecule has 7 nitrogen and oxygen atoms in total. The summed E-state index contributed by atoms with van der Waals surface area (Å²) >= 11 is 0. The molecule has 2 fully saturated rings. The minimum absolute atomic E-state index is 0.563. The van der Waals surface area contributed by atoms with Gasteiger partial charge in [-0.05, 0) is 78.7 Å². The van der Waals surface area contributed by atoms with Crippen molar-refractivity contribution in [2.24, 2.45) is 0 Å². The number of rotatable bonds is 7. The number of hydrazine groups is 1. The number of aromatic nitrogens is 2. The first-order valence-corrected chi connectivity index (χ1v) is 11.0. The van der Waals surface area contributed by atoms with Gasteiger partial charge in [-0.2, -0.15) is 0 Å². The molecule has 0 aliphatic carbocycles. The fourth-order valence-electron chi connectivity index (χ4n) is 4.35. The second-order valence-corrected chi connectivity index (χ2v) is 8.31. The summed E-state index contributed by atoms with van der Waals surface area (Å²) in [6.07, 6.45) is 8.45. The van der Waals surface area contributed by atoms with Crippen molar-refractivity contribution >= 4 is 11.4 Å². The van der Waals surface area contributed by atoms with Crippen molar-refractivity contribution in [3.8, 4) is 0 Å². The molecule has 7 heteroatoms. The molecule has 3 aliphatic rings. The van der Waals surface area contributed by atoms with Gasteiger partial charge in [-0.15, -0.1) is 0 Å². The molecule has 0 spiro atoms. The molecule has 0 amide bonds. The van der Waals surface area contributed by atoms with E-state index in [0.29, 0.717) is 6.04 Å². The zero-order chi connectivity index (χ0) is 19.3. The third kappa shape index (κ3) is 4.64. The predicted molar refractivity (Wildman–Crippen MR) is 114 cm³/mol. The highest BCUT2D eigenvalue weighted by Gasteiger charge is 2.24. The number of nitrogens with one attached hydrogen (secondary N) is 3. The summed E-state index contributed by atoms with van der Waals surface area (Å²) in [7, 11) is 0.